The first kappa shape index (κ1) is 16.5. The summed E-state index contributed by atoms with van der Waals surface area (Å²) in [7, 11) is 0. The van der Waals surface area contributed by atoms with E-state index in [1.54, 1.807) is 6.07 Å². The zero-order chi connectivity index (χ0) is 17.9. The summed E-state index contributed by atoms with van der Waals surface area (Å²) in [5.74, 6) is 0. The molecule has 1 aromatic heterocycles. The lowest BCUT2D eigenvalue weighted by Gasteiger charge is -2.11. The van der Waals surface area contributed by atoms with Gasteiger partial charge in [0.2, 0.25) is 0 Å². The minimum Gasteiger partial charge on any atom is -0.423 e. The number of nitrogens with two attached hydrogens (primary N) is 1. The fraction of sp³-hybridized carbons (Fsp3) is 0.136. The Morgan fingerprint density at radius 3 is 2.58 bits per heavy atom. The van der Waals surface area contributed by atoms with Crippen LogP contribution in [-0.2, 0) is 6.54 Å². The number of aliphatic hydroxyl groups excluding tert-OH is 1. The lowest BCUT2D eigenvalue weighted by atomic mass is 10.0. The van der Waals surface area contributed by atoms with Crippen molar-refractivity contribution in [1.29, 1.82) is 0 Å². The molecule has 1 heterocycles. The Balaban J connectivity index is 1.63. The molecule has 130 valence electrons. The van der Waals surface area contributed by atoms with Crippen LogP contribution in [0, 0.1) is 0 Å². The van der Waals surface area contributed by atoms with Crippen LogP contribution in [0.1, 0.15) is 17.2 Å². The van der Waals surface area contributed by atoms with E-state index in [9.17, 15) is 9.90 Å². The molecule has 0 aliphatic heterocycles. The summed E-state index contributed by atoms with van der Waals surface area (Å²) < 4.78 is 5.39. The molecule has 0 fully saturated rings. The monoisotopic (exact) mass is 346 g/mol. The van der Waals surface area contributed by atoms with Crippen molar-refractivity contribution < 1.29 is 14.8 Å². The Morgan fingerprint density at radius 2 is 1.73 bits per heavy atom. The zero-order valence-electron chi connectivity index (χ0n) is 14.3. The lowest BCUT2D eigenvalue weighted by molar-refractivity contribution is -0.677. The van der Waals surface area contributed by atoms with Crippen molar-refractivity contribution in [3.05, 3.63) is 94.3 Å². The minimum atomic E-state index is -0.542. The fourth-order valence-electron chi connectivity index (χ4n) is 3.39. The topological polar surface area (TPSA) is 67.0 Å². The van der Waals surface area contributed by atoms with E-state index in [1.165, 1.54) is 0 Å². The summed E-state index contributed by atoms with van der Waals surface area (Å²) >= 11 is 0. The SMILES string of the molecule is O=c1cc(C[NH2+]C[C@@H](O)c2ccccc2)c2c(ccc3ccccc32)o1. The molecular formula is C22H20NO3+. The van der Waals surface area contributed by atoms with Crippen molar-refractivity contribution in [2.75, 3.05) is 6.54 Å². The largest absolute Gasteiger partial charge is 0.423 e. The average molecular weight is 346 g/mol. The van der Waals surface area contributed by atoms with Crippen LogP contribution >= 0.6 is 0 Å². The zero-order valence-corrected chi connectivity index (χ0v) is 14.3. The third-order valence-electron chi connectivity index (χ3n) is 4.65. The first-order valence-corrected chi connectivity index (χ1v) is 8.71. The van der Waals surface area contributed by atoms with E-state index in [0.29, 0.717) is 18.7 Å². The summed E-state index contributed by atoms with van der Waals surface area (Å²) in [6.45, 7) is 1.12. The quantitative estimate of drug-likeness (QED) is 0.431. The van der Waals surface area contributed by atoms with Gasteiger partial charge in [-0.15, -0.1) is 0 Å². The van der Waals surface area contributed by atoms with Gasteiger partial charge in [-0.2, -0.15) is 0 Å². The molecule has 3 aromatic carbocycles. The third-order valence-corrected chi connectivity index (χ3v) is 4.65. The van der Waals surface area contributed by atoms with Gasteiger partial charge in [0.15, 0.2) is 0 Å². The van der Waals surface area contributed by atoms with Gasteiger partial charge in [-0.25, -0.2) is 4.79 Å². The predicted molar refractivity (Wildman–Crippen MR) is 102 cm³/mol. The van der Waals surface area contributed by atoms with E-state index >= 15 is 0 Å². The number of rotatable bonds is 5. The second-order valence-electron chi connectivity index (χ2n) is 6.41. The predicted octanol–water partition coefficient (Wildman–Crippen LogP) is 2.74. The fourth-order valence-corrected chi connectivity index (χ4v) is 3.39. The number of hydrogen-bond donors (Lipinski definition) is 2. The van der Waals surface area contributed by atoms with Crippen molar-refractivity contribution in [2.45, 2.75) is 12.6 Å². The number of fused-ring (bicyclic) bond motifs is 3. The Kier molecular flexibility index (Phi) is 4.52. The molecular weight excluding hydrogens is 326 g/mol. The maximum Gasteiger partial charge on any atom is 0.336 e. The number of quaternary nitrogens is 1. The molecule has 3 N–H and O–H groups in total. The van der Waals surface area contributed by atoms with E-state index < -0.39 is 6.10 Å². The van der Waals surface area contributed by atoms with E-state index in [2.05, 4.69) is 0 Å². The van der Waals surface area contributed by atoms with E-state index in [-0.39, 0.29) is 5.63 Å². The molecule has 1 atom stereocenters. The molecule has 0 saturated carbocycles. The van der Waals surface area contributed by atoms with Gasteiger partial charge in [-0.3, -0.25) is 0 Å². The normalized spacial score (nSPS) is 12.5. The van der Waals surface area contributed by atoms with Crippen LogP contribution in [0.5, 0.6) is 0 Å². The average Bonchev–Trinajstić information content (AvgIpc) is 2.68. The first-order valence-electron chi connectivity index (χ1n) is 8.71. The summed E-state index contributed by atoms with van der Waals surface area (Å²) in [5, 5.41) is 15.5. The van der Waals surface area contributed by atoms with Crippen LogP contribution in [0.15, 0.2) is 82.0 Å². The molecule has 0 aliphatic carbocycles. The Hall–Kier alpha value is -2.95. The molecule has 26 heavy (non-hydrogen) atoms. The maximum absolute atomic E-state index is 11.9. The number of hydrogen-bond acceptors (Lipinski definition) is 3. The Bertz CT molecular complexity index is 1100. The molecule has 4 heteroatoms. The van der Waals surface area contributed by atoms with Gasteiger partial charge in [0, 0.05) is 17.0 Å². The highest BCUT2D eigenvalue weighted by Gasteiger charge is 2.13. The van der Waals surface area contributed by atoms with E-state index in [0.717, 1.165) is 27.3 Å². The van der Waals surface area contributed by atoms with E-state index in [1.807, 2.05) is 72.0 Å². The highest BCUT2D eigenvalue weighted by molar-refractivity contribution is 6.06. The van der Waals surface area contributed by atoms with Crippen LogP contribution in [0.3, 0.4) is 0 Å². The van der Waals surface area contributed by atoms with E-state index in [4.69, 9.17) is 4.42 Å². The van der Waals surface area contributed by atoms with Crippen molar-refractivity contribution >= 4 is 21.7 Å². The number of aliphatic hydroxyl groups is 1. The minimum absolute atomic E-state index is 0.347. The summed E-state index contributed by atoms with van der Waals surface area (Å²) in [5.41, 5.74) is 2.07. The smallest absolute Gasteiger partial charge is 0.336 e. The summed E-state index contributed by atoms with van der Waals surface area (Å²) in [6, 6.07) is 23.0. The Labute approximate surface area is 150 Å². The van der Waals surface area contributed by atoms with Gasteiger partial charge in [0.05, 0.1) is 0 Å². The Morgan fingerprint density at radius 1 is 0.962 bits per heavy atom. The molecule has 4 aromatic rings. The molecule has 0 radical (unpaired) electrons. The third kappa shape index (κ3) is 3.25. The molecule has 0 saturated heterocycles. The molecule has 0 aliphatic rings. The van der Waals surface area contributed by atoms with Crippen molar-refractivity contribution in [3.8, 4) is 0 Å². The lowest BCUT2D eigenvalue weighted by Crippen LogP contribution is -2.83. The van der Waals surface area contributed by atoms with Gasteiger partial charge in [0.25, 0.3) is 0 Å². The second-order valence-corrected chi connectivity index (χ2v) is 6.41. The molecule has 0 unspecified atom stereocenters. The highest BCUT2D eigenvalue weighted by Crippen LogP contribution is 2.26. The van der Waals surface area contributed by atoms with Gasteiger partial charge in [-0.05, 0) is 22.4 Å². The maximum atomic E-state index is 11.9. The van der Waals surface area contributed by atoms with Gasteiger partial charge >= 0.3 is 5.63 Å². The second kappa shape index (κ2) is 7.12. The standard InChI is InChI=1S/C22H19NO3/c24-19(16-7-2-1-3-8-16)14-23-13-17-12-21(25)26-20-11-10-15-6-4-5-9-18(15)22(17)20/h1-12,19,23-24H,13-14H2/p+1/t19-/m1/s1. The van der Waals surface area contributed by atoms with Crippen molar-refractivity contribution in [2.24, 2.45) is 0 Å². The molecule has 4 rings (SSSR count). The van der Waals surface area contributed by atoms with Crippen molar-refractivity contribution in [3.63, 3.8) is 0 Å². The highest BCUT2D eigenvalue weighted by atomic mass is 16.4. The first-order chi connectivity index (χ1) is 12.7. The van der Waals surface area contributed by atoms with Crippen LogP contribution in [0.25, 0.3) is 21.7 Å². The molecule has 0 spiro atoms. The van der Waals surface area contributed by atoms with Crippen LogP contribution < -0.4 is 10.9 Å². The van der Waals surface area contributed by atoms with Gasteiger partial charge < -0.3 is 14.8 Å². The van der Waals surface area contributed by atoms with Gasteiger partial charge in [0.1, 0.15) is 24.8 Å². The van der Waals surface area contributed by atoms with Crippen molar-refractivity contribution in [1.82, 2.24) is 0 Å². The summed E-state index contributed by atoms with van der Waals surface area (Å²) in [6.07, 6.45) is -0.542. The van der Waals surface area contributed by atoms with Gasteiger partial charge in [-0.1, -0.05) is 60.7 Å². The van der Waals surface area contributed by atoms with Crippen LogP contribution in [0.2, 0.25) is 0 Å². The molecule has 0 amide bonds. The summed E-state index contributed by atoms with van der Waals surface area (Å²) in [4.78, 5) is 11.9. The van der Waals surface area contributed by atoms with Crippen LogP contribution in [-0.4, -0.2) is 11.7 Å². The molecule has 0 bridgehead atoms. The van der Waals surface area contributed by atoms with Crippen LogP contribution in [0.4, 0.5) is 0 Å². The molecule has 4 nitrogen and oxygen atoms in total. The number of benzene rings is 3.